The molecule has 0 fully saturated rings. The van der Waals surface area contributed by atoms with Gasteiger partial charge in [-0.2, -0.15) is 11.8 Å². The van der Waals surface area contributed by atoms with Crippen molar-refractivity contribution in [2.45, 2.75) is 17.6 Å². The molecule has 1 heterocycles. The van der Waals surface area contributed by atoms with Crippen molar-refractivity contribution in [1.29, 1.82) is 0 Å². The van der Waals surface area contributed by atoms with Crippen molar-refractivity contribution in [3.8, 4) is 5.75 Å². The molecule has 1 aliphatic rings. The molecule has 9 heteroatoms. The fourth-order valence-corrected chi connectivity index (χ4v) is 6.35. The molecule has 0 radical (unpaired) electrons. The number of nitrogens with zero attached hydrogens (tertiary/aromatic N) is 1. The van der Waals surface area contributed by atoms with E-state index in [2.05, 4.69) is 5.32 Å². The molecule has 0 aliphatic carbocycles. The lowest BCUT2D eigenvalue weighted by Crippen LogP contribution is -2.51. The van der Waals surface area contributed by atoms with E-state index in [-0.39, 0.29) is 18.2 Å². The Morgan fingerprint density at radius 3 is 2.53 bits per heavy atom. The highest BCUT2D eigenvalue weighted by molar-refractivity contribution is 7.98. The van der Waals surface area contributed by atoms with Gasteiger partial charge in [-0.15, -0.1) is 0 Å². The van der Waals surface area contributed by atoms with Crippen LogP contribution in [0.15, 0.2) is 78.9 Å². The average Bonchev–Trinajstić information content (AvgIpc) is 2.84. The van der Waals surface area contributed by atoms with Gasteiger partial charge in [-0.05, 0) is 29.3 Å². The zero-order valence-corrected chi connectivity index (χ0v) is 20.8. The third-order valence-electron chi connectivity index (χ3n) is 5.32. The molecule has 0 aromatic heterocycles. The maximum absolute atomic E-state index is 13.3. The van der Waals surface area contributed by atoms with Crippen molar-refractivity contribution < 1.29 is 17.9 Å². The zero-order chi connectivity index (χ0) is 24.0. The van der Waals surface area contributed by atoms with Crippen molar-refractivity contribution in [2.24, 2.45) is 0 Å². The number of halogens is 1. The first-order valence-electron chi connectivity index (χ1n) is 10.8. The molecule has 0 saturated carbocycles. The molecule has 0 saturated heterocycles. The summed E-state index contributed by atoms with van der Waals surface area (Å²) in [6.07, 6.45) is -0.936. The van der Waals surface area contributed by atoms with E-state index in [1.807, 2.05) is 30.3 Å². The number of rotatable bonds is 9. The molecule has 6 nitrogen and oxygen atoms in total. The van der Waals surface area contributed by atoms with Crippen molar-refractivity contribution >= 4 is 45.0 Å². The molecular weight excluding hydrogens is 492 g/mol. The van der Waals surface area contributed by atoms with Crippen LogP contribution in [0.25, 0.3) is 0 Å². The van der Waals surface area contributed by atoms with Crippen LogP contribution in [0.3, 0.4) is 0 Å². The minimum absolute atomic E-state index is 0.0786. The van der Waals surface area contributed by atoms with Gasteiger partial charge >= 0.3 is 0 Å². The van der Waals surface area contributed by atoms with Crippen molar-refractivity contribution in [3.05, 3.63) is 95.0 Å². The average molecular weight is 517 g/mol. The maximum Gasteiger partial charge on any atom is 0.263 e. The first-order valence-corrected chi connectivity index (χ1v) is 14.0. The van der Waals surface area contributed by atoms with E-state index in [4.69, 9.17) is 16.3 Å². The predicted octanol–water partition coefficient (Wildman–Crippen LogP) is 4.49. The molecule has 1 N–H and O–H groups in total. The van der Waals surface area contributed by atoms with E-state index in [0.29, 0.717) is 29.3 Å². The Kier molecular flexibility index (Phi) is 8.03. The lowest BCUT2D eigenvalue weighted by Gasteiger charge is -2.34. The molecule has 1 amide bonds. The lowest BCUT2D eigenvalue weighted by atomic mass is 10.2. The molecule has 3 aromatic rings. The van der Waals surface area contributed by atoms with E-state index in [9.17, 15) is 13.2 Å². The summed E-state index contributed by atoms with van der Waals surface area (Å²) in [5.41, 5.74) is 2.17. The molecule has 4 rings (SSSR count). The fraction of sp³-hybridized carbons (Fsp3) is 0.240. The number of nitrogens with one attached hydrogen (secondary N) is 1. The minimum Gasteiger partial charge on any atom is -0.476 e. The Balaban J connectivity index is 1.38. The van der Waals surface area contributed by atoms with Gasteiger partial charge in [-0.1, -0.05) is 72.3 Å². The Morgan fingerprint density at radius 1 is 1.03 bits per heavy atom. The normalized spacial score (nSPS) is 15.3. The summed E-state index contributed by atoms with van der Waals surface area (Å²) in [6, 6.07) is 23.5. The number of carbonyl (C=O) groups excluding carboxylic acids is 1. The summed E-state index contributed by atoms with van der Waals surface area (Å²) >= 11 is 7.84. The van der Waals surface area contributed by atoms with Gasteiger partial charge in [-0.25, -0.2) is 8.42 Å². The van der Waals surface area contributed by atoms with Gasteiger partial charge in [0.25, 0.3) is 5.91 Å². The first kappa shape index (κ1) is 24.4. The number of para-hydroxylation sites is 2. The second-order valence-corrected chi connectivity index (χ2v) is 11.2. The van der Waals surface area contributed by atoms with E-state index >= 15 is 0 Å². The van der Waals surface area contributed by atoms with Gasteiger partial charge in [0.1, 0.15) is 5.75 Å². The van der Waals surface area contributed by atoms with Crippen LogP contribution >= 0.6 is 23.4 Å². The number of benzene rings is 3. The van der Waals surface area contributed by atoms with Crippen molar-refractivity contribution in [2.75, 3.05) is 23.1 Å². The maximum atomic E-state index is 13.3. The molecule has 0 bridgehead atoms. The number of anilines is 1. The van der Waals surface area contributed by atoms with Crippen LogP contribution in [0, 0.1) is 0 Å². The molecule has 3 aromatic carbocycles. The summed E-state index contributed by atoms with van der Waals surface area (Å²) in [5, 5.41) is 3.59. The molecule has 1 aliphatic heterocycles. The molecule has 0 spiro atoms. The van der Waals surface area contributed by atoms with Crippen LogP contribution in [0.4, 0.5) is 5.69 Å². The SMILES string of the molecule is O=C(NCCSCc1ccccc1Cl)C1CN(S(=O)(=O)Cc2ccccc2)c2ccccc2O1. The third-order valence-corrected chi connectivity index (χ3v) is 8.41. The Hall–Kier alpha value is -2.68. The number of hydrogen-bond acceptors (Lipinski definition) is 5. The van der Waals surface area contributed by atoms with Gasteiger partial charge < -0.3 is 10.1 Å². The topological polar surface area (TPSA) is 75.7 Å². The smallest absolute Gasteiger partial charge is 0.263 e. The highest BCUT2D eigenvalue weighted by Crippen LogP contribution is 2.35. The van der Waals surface area contributed by atoms with Crippen molar-refractivity contribution in [1.82, 2.24) is 5.32 Å². The summed E-state index contributed by atoms with van der Waals surface area (Å²) in [6.45, 7) is 0.358. The lowest BCUT2D eigenvalue weighted by molar-refractivity contribution is -0.127. The summed E-state index contributed by atoms with van der Waals surface area (Å²) < 4.78 is 33.7. The van der Waals surface area contributed by atoms with E-state index in [1.165, 1.54) is 4.31 Å². The second kappa shape index (κ2) is 11.2. The highest BCUT2D eigenvalue weighted by atomic mass is 35.5. The Labute approximate surface area is 209 Å². The largest absolute Gasteiger partial charge is 0.476 e. The minimum atomic E-state index is -3.72. The van der Waals surface area contributed by atoms with E-state index < -0.39 is 16.1 Å². The number of fused-ring (bicyclic) bond motifs is 1. The second-order valence-electron chi connectivity index (χ2n) is 7.78. The third kappa shape index (κ3) is 6.05. The molecule has 34 heavy (non-hydrogen) atoms. The highest BCUT2D eigenvalue weighted by Gasteiger charge is 2.36. The molecular formula is C25H25ClN2O4S2. The first-order chi connectivity index (χ1) is 16.4. The summed E-state index contributed by atoms with van der Waals surface area (Å²) in [5.74, 6) is 1.31. The number of hydrogen-bond donors (Lipinski definition) is 1. The quantitative estimate of drug-likeness (QED) is 0.424. The van der Waals surface area contributed by atoms with Gasteiger partial charge in [0.05, 0.1) is 18.0 Å². The van der Waals surface area contributed by atoms with Crippen LogP contribution < -0.4 is 14.4 Å². The summed E-state index contributed by atoms with van der Waals surface area (Å²) in [4.78, 5) is 12.8. The van der Waals surface area contributed by atoms with Gasteiger partial charge in [0, 0.05) is 23.1 Å². The Morgan fingerprint density at radius 2 is 1.74 bits per heavy atom. The summed E-state index contributed by atoms with van der Waals surface area (Å²) in [7, 11) is -3.72. The van der Waals surface area contributed by atoms with Crippen LogP contribution in [-0.4, -0.2) is 39.3 Å². The molecule has 1 unspecified atom stereocenters. The van der Waals surface area contributed by atoms with E-state index in [1.54, 1.807) is 60.3 Å². The van der Waals surface area contributed by atoms with Gasteiger partial charge in [0.2, 0.25) is 10.0 Å². The van der Waals surface area contributed by atoms with Gasteiger partial charge in [0.15, 0.2) is 6.10 Å². The van der Waals surface area contributed by atoms with Gasteiger partial charge in [-0.3, -0.25) is 9.10 Å². The number of ether oxygens (including phenoxy) is 1. The zero-order valence-electron chi connectivity index (χ0n) is 18.4. The van der Waals surface area contributed by atoms with Crippen molar-refractivity contribution in [3.63, 3.8) is 0 Å². The van der Waals surface area contributed by atoms with Crippen LogP contribution in [0.2, 0.25) is 5.02 Å². The van der Waals surface area contributed by atoms with Crippen LogP contribution in [0.1, 0.15) is 11.1 Å². The standard InChI is InChI=1S/C25H25ClN2O4S2/c26-21-11-5-4-10-20(21)17-33-15-14-27-25(29)24-16-28(22-12-6-7-13-23(22)32-24)34(30,31)18-19-8-2-1-3-9-19/h1-13,24H,14-18H2,(H,27,29). The molecule has 178 valence electrons. The van der Waals surface area contributed by atoms with E-state index in [0.717, 1.165) is 16.3 Å². The molecule has 1 atom stereocenters. The number of sulfonamides is 1. The predicted molar refractivity (Wildman–Crippen MR) is 138 cm³/mol. The van der Waals surface area contributed by atoms with Crippen LogP contribution in [-0.2, 0) is 26.3 Å². The number of amides is 1. The number of carbonyl (C=O) groups is 1. The monoisotopic (exact) mass is 516 g/mol. The fourth-order valence-electron chi connectivity index (χ4n) is 3.62. The van der Waals surface area contributed by atoms with Crippen LogP contribution in [0.5, 0.6) is 5.75 Å². The number of thioether (sulfide) groups is 1. The Bertz CT molecular complexity index is 1240.